The van der Waals surface area contributed by atoms with Gasteiger partial charge in [-0.1, -0.05) is 17.7 Å². The molecule has 0 unspecified atom stereocenters. The van der Waals surface area contributed by atoms with Crippen molar-refractivity contribution >= 4 is 17.5 Å². The Labute approximate surface area is 170 Å². The van der Waals surface area contributed by atoms with E-state index in [-0.39, 0.29) is 12.1 Å². The van der Waals surface area contributed by atoms with Crippen LogP contribution in [0.3, 0.4) is 0 Å². The summed E-state index contributed by atoms with van der Waals surface area (Å²) in [6.45, 7) is 5.71. The van der Waals surface area contributed by atoms with Gasteiger partial charge in [0.1, 0.15) is 0 Å². The molecule has 2 aromatic heterocycles. The van der Waals surface area contributed by atoms with E-state index in [1.165, 1.54) is 5.56 Å². The van der Waals surface area contributed by atoms with Gasteiger partial charge in [0.05, 0.1) is 5.69 Å². The van der Waals surface area contributed by atoms with E-state index in [1.807, 2.05) is 44.2 Å². The third kappa shape index (κ3) is 4.56. The number of amides is 2. The van der Waals surface area contributed by atoms with E-state index in [0.717, 1.165) is 54.3 Å². The summed E-state index contributed by atoms with van der Waals surface area (Å²) in [5.74, 6) is 0.901. The van der Waals surface area contributed by atoms with Crippen molar-refractivity contribution in [2.75, 3.05) is 23.3 Å². The average Bonchev–Trinajstić information content (AvgIpc) is 3.21. The summed E-state index contributed by atoms with van der Waals surface area (Å²) in [6.07, 6.45) is 5.50. The van der Waals surface area contributed by atoms with Crippen LogP contribution in [0.4, 0.5) is 16.3 Å². The fraction of sp³-hybridized carbons (Fsp3) is 0.318. The molecule has 1 saturated heterocycles. The molecule has 1 aliphatic rings. The summed E-state index contributed by atoms with van der Waals surface area (Å²) < 4.78 is 0. The second-order valence-electron chi connectivity index (χ2n) is 7.58. The van der Waals surface area contributed by atoms with Crippen LogP contribution in [0.2, 0.25) is 0 Å². The van der Waals surface area contributed by atoms with E-state index in [0.29, 0.717) is 0 Å². The largest absolute Gasteiger partial charge is 0.353 e. The lowest BCUT2D eigenvalue weighted by Crippen LogP contribution is -2.49. The number of piperidine rings is 1. The van der Waals surface area contributed by atoms with Crippen LogP contribution in [0, 0.1) is 13.8 Å². The first kappa shape index (κ1) is 19.0. The molecule has 7 nitrogen and oxygen atoms in total. The monoisotopic (exact) mass is 390 g/mol. The van der Waals surface area contributed by atoms with Gasteiger partial charge in [-0.3, -0.25) is 10.1 Å². The minimum atomic E-state index is -0.164. The Morgan fingerprint density at radius 2 is 2.00 bits per heavy atom. The summed E-state index contributed by atoms with van der Waals surface area (Å²) in [5, 5.41) is 13.6. The van der Waals surface area contributed by atoms with Gasteiger partial charge in [-0.05, 0) is 50.5 Å². The molecule has 0 aliphatic carbocycles. The van der Waals surface area contributed by atoms with E-state index in [2.05, 4.69) is 36.8 Å². The molecule has 29 heavy (non-hydrogen) atoms. The van der Waals surface area contributed by atoms with Crippen molar-refractivity contribution in [2.45, 2.75) is 32.7 Å². The van der Waals surface area contributed by atoms with Crippen molar-refractivity contribution in [2.24, 2.45) is 0 Å². The molecular formula is C22H26N6O. The van der Waals surface area contributed by atoms with Crippen molar-refractivity contribution < 1.29 is 4.79 Å². The van der Waals surface area contributed by atoms with Gasteiger partial charge >= 0.3 is 6.03 Å². The fourth-order valence-electron chi connectivity index (χ4n) is 3.75. The van der Waals surface area contributed by atoms with Gasteiger partial charge in [0.2, 0.25) is 0 Å². The molecule has 0 saturated carbocycles. The number of aromatic amines is 1. The van der Waals surface area contributed by atoms with Gasteiger partial charge in [-0.25, -0.2) is 4.79 Å². The molecule has 1 aromatic carbocycles. The van der Waals surface area contributed by atoms with Gasteiger partial charge in [0.25, 0.3) is 0 Å². The van der Waals surface area contributed by atoms with Crippen molar-refractivity contribution in [3.05, 3.63) is 59.9 Å². The SMILES string of the molecule is Cc1ccc(NC(=O)N[C@H]2CCCN(c3cc(-c4ccncc4)[nH]n3)C2)c(C)c1. The number of carbonyl (C=O) groups excluding carboxylic acids is 1. The Bertz CT molecular complexity index is 984. The molecule has 3 heterocycles. The van der Waals surface area contributed by atoms with Gasteiger partial charge in [0, 0.05) is 48.8 Å². The number of H-pyrrole nitrogens is 1. The summed E-state index contributed by atoms with van der Waals surface area (Å²) in [6, 6.07) is 11.9. The molecule has 150 valence electrons. The van der Waals surface area contributed by atoms with Gasteiger partial charge < -0.3 is 15.5 Å². The topological polar surface area (TPSA) is 85.9 Å². The Morgan fingerprint density at radius 1 is 1.17 bits per heavy atom. The number of hydrogen-bond donors (Lipinski definition) is 3. The number of urea groups is 1. The highest BCUT2D eigenvalue weighted by Gasteiger charge is 2.23. The first-order valence-electron chi connectivity index (χ1n) is 9.94. The van der Waals surface area contributed by atoms with Crippen LogP contribution in [0.15, 0.2) is 48.8 Å². The standard InChI is InChI=1S/C22H26N6O/c1-15-5-6-19(16(2)12-15)25-22(29)24-18-4-3-11-28(14-18)21-13-20(26-27-21)17-7-9-23-10-8-17/h5-10,12-13,18H,3-4,11,14H2,1-2H3,(H,26,27)(H2,24,25,29)/t18-/m0/s1. The van der Waals surface area contributed by atoms with E-state index in [1.54, 1.807) is 12.4 Å². The highest BCUT2D eigenvalue weighted by Crippen LogP contribution is 2.24. The molecule has 1 fully saturated rings. The molecular weight excluding hydrogens is 364 g/mol. The average molecular weight is 390 g/mol. The summed E-state index contributed by atoms with van der Waals surface area (Å²) in [5.41, 5.74) is 5.10. The quantitative estimate of drug-likeness (QED) is 0.631. The molecule has 1 aliphatic heterocycles. The zero-order valence-corrected chi connectivity index (χ0v) is 16.8. The molecule has 7 heteroatoms. The van der Waals surface area contributed by atoms with Crippen LogP contribution in [0.25, 0.3) is 11.3 Å². The third-order valence-electron chi connectivity index (χ3n) is 5.27. The number of benzene rings is 1. The maximum Gasteiger partial charge on any atom is 0.319 e. The lowest BCUT2D eigenvalue weighted by Gasteiger charge is -2.33. The maximum absolute atomic E-state index is 12.5. The number of nitrogens with zero attached hydrogens (tertiary/aromatic N) is 3. The lowest BCUT2D eigenvalue weighted by molar-refractivity contribution is 0.246. The van der Waals surface area contributed by atoms with E-state index in [4.69, 9.17) is 0 Å². The number of carbonyl (C=O) groups is 1. The molecule has 0 radical (unpaired) electrons. The Balaban J connectivity index is 1.37. The molecule has 0 bridgehead atoms. The van der Waals surface area contributed by atoms with Crippen molar-refractivity contribution in [1.82, 2.24) is 20.5 Å². The highest BCUT2D eigenvalue weighted by atomic mass is 16.2. The molecule has 0 spiro atoms. The van der Waals surface area contributed by atoms with Crippen LogP contribution in [0.1, 0.15) is 24.0 Å². The first-order valence-corrected chi connectivity index (χ1v) is 9.94. The van der Waals surface area contributed by atoms with Gasteiger partial charge in [-0.2, -0.15) is 5.10 Å². The Morgan fingerprint density at radius 3 is 2.79 bits per heavy atom. The van der Waals surface area contributed by atoms with Gasteiger partial charge in [-0.15, -0.1) is 0 Å². The van der Waals surface area contributed by atoms with Gasteiger partial charge in [0.15, 0.2) is 5.82 Å². The summed E-state index contributed by atoms with van der Waals surface area (Å²) in [7, 11) is 0. The summed E-state index contributed by atoms with van der Waals surface area (Å²) >= 11 is 0. The number of pyridine rings is 1. The number of nitrogens with one attached hydrogen (secondary N) is 3. The molecule has 3 N–H and O–H groups in total. The molecule has 2 amide bonds. The second-order valence-corrected chi connectivity index (χ2v) is 7.58. The van der Waals surface area contributed by atoms with E-state index in [9.17, 15) is 4.79 Å². The van der Waals surface area contributed by atoms with Crippen LogP contribution in [0.5, 0.6) is 0 Å². The van der Waals surface area contributed by atoms with Crippen LogP contribution in [-0.2, 0) is 0 Å². The van der Waals surface area contributed by atoms with E-state index >= 15 is 0 Å². The summed E-state index contributed by atoms with van der Waals surface area (Å²) in [4.78, 5) is 18.8. The number of aromatic nitrogens is 3. The minimum absolute atomic E-state index is 0.0792. The highest BCUT2D eigenvalue weighted by molar-refractivity contribution is 5.90. The zero-order valence-electron chi connectivity index (χ0n) is 16.8. The zero-order chi connectivity index (χ0) is 20.2. The molecule has 4 rings (SSSR count). The van der Waals surface area contributed by atoms with Crippen LogP contribution in [-0.4, -0.2) is 40.3 Å². The predicted octanol–water partition coefficient (Wildman–Crippen LogP) is 3.88. The molecule has 3 aromatic rings. The van der Waals surface area contributed by atoms with E-state index < -0.39 is 0 Å². The van der Waals surface area contributed by atoms with Crippen molar-refractivity contribution in [3.63, 3.8) is 0 Å². The predicted molar refractivity (Wildman–Crippen MR) is 115 cm³/mol. The minimum Gasteiger partial charge on any atom is -0.353 e. The Kier molecular flexibility index (Phi) is 5.46. The number of anilines is 2. The van der Waals surface area contributed by atoms with Crippen LogP contribution < -0.4 is 15.5 Å². The number of hydrogen-bond acceptors (Lipinski definition) is 4. The lowest BCUT2D eigenvalue weighted by atomic mass is 10.1. The first-order chi connectivity index (χ1) is 14.1. The van der Waals surface area contributed by atoms with Crippen molar-refractivity contribution in [3.8, 4) is 11.3 Å². The number of aryl methyl sites for hydroxylation is 2. The van der Waals surface area contributed by atoms with Crippen LogP contribution >= 0.6 is 0 Å². The number of rotatable bonds is 4. The fourth-order valence-corrected chi connectivity index (χ4v) is 3.75. The molecule has 1 atom stereocenters. The normalized spacial score (nSPS) is 16.5. The smallest absolute Gasteiger partial charge is 0.319 e. The third-order valence-corrected chi connectivity index (χ3v) is 5.27. The van der Waals surface area contributed by atoms with Crippen molar-refractivity contribution in [1.29, 1.82) is 0 Å². The Hall–Kier alpha value is -3.35. The second kappa shape index (κ2) is 8.34. The maximum atomic E-state index is 12.5.